The van der Waals surface area contributed by atoms with E-state index in [0.29, 0.717) is 11.8 Å². The van der Waals surface area contributed by atoms with Crippen LogP contribution in [0.2, 0.25) is 0 Å². The van der Waals surface area contributed by atoms with E-state index in [1.807, 2.05) is 19.2 Å². The maximum atomic E-state index is 4.91. The molecule has 0 spiro atoms. The number of allylic oxidation sites excluding steroid dienone is 1. The van der Waals surface area contributed by atoms with Crippen LogP contribution in [0, 0.1) is 11.8 Å². The van der Waals surface area contributed by atoms with Crippen molar-refractivity contribution in [1.82, 2.24) is 19.8 Å². The second-order valence-corrected chi connectivity index (χ2v) is 7.63. The number of likely N-dealkylation sites (tertiary alicyclic amines) is 1. The molecule has 0 N–H and O–H groups in total. The highest BCUT2D eigenvalue weighted by molar-refractivity contribution is 5.90. The Hall–Kier alpha value is -2.43. The van der Waals surface area contributed by atoms with Gasteiger partial charge in [-0.3, -0.25) is 0 Å². The van der Waals surface area contributed by atoms with Crippen LogP contribution in [0.4, 0.5) is 0 Å². The van der Waals surface area contributed by atoms with Crippen LogP contribution in [0.5, 0.6) is 0 Å². The summed E-state index contributed by atoms with van der Waals surface area (Å²) in [6.45, 7) is 15.1. The molecular formula is C21H29N5. The normalized spacial score (nSPS) is 20.9. The van der Waals surface area contributed by atoms with Gasteiger partial charge in [-0.15, -0.1) is 0 Å². The first kappa shape index (κ1) is 18.4. The number of aliphatic imine (C=N–C) groups is 1. The van der Waals surface area contributed by atoms with E-state index >= 15 is 0 Å². The molecule has 1 unspecified atom stereocenters. The smallest absolute Gasteiger partial charge is 0.206 e. The average molecular weight is 351 g/mol. The third kappa shape index (κ3) is 4.03. The first-order valence-electron chi connectivity index (χ1n) is 9.37. The van der Waals surface area contributed by atoms with Gasteiger partial charge in [-0.2, -0.15) is 0 Å². The fourth-order valence-corrected chi connectivity index (χ4v) is 3.64. The number of hydrogen-bond donors (Lipinski definition) is 0. The molecule has 1 aromatic rings. The highest BCUT2D eigenvalue weighted by Crippen LogP contribution is 2.30. The number of guanidine groups is 1. The van der Waals surface area contributed by atoms with Gasteiger partial charge in [-0.05, 0) is 43.2 Å². The van der Waals surface area contributed by atoms with E-state index in [9.17, 15) is 0 Å². The highest BCUT2D eigenvalue weighted by Gasteiger charge is 2.28. The molecule has 0 aromatic carbocycles. The number of hydrogen-bond acceptors (Lipinski definition) is 5. The van der Waals surface area contributed by atoms with E-state index in [1.54, 1.807) is 12.5 Å². The molecule has 2 aliphatic heterocycles. The summed E-state index contributed by atoms with van der Waals surface area (Å²) >= 11 is 0. The lowest BCUT2D eigenvalue weighted by Gasteiger charge is -2.40. The van der Waals surface area contributed by atoms with Crippen LogP contribution in [0.1, 0.15) is 38.8 Å². The fraction of sp³-hybridized carbons (Fsp3) is 0.476. The lowest BCUT2D eigenvalue weighted by atomic mass is 9.87. The fourth-order valence-electron chi connectivity index (χ4n) is 3.64. The molecule has 26 heavy (non-hydrogen) atoms. The van der Waals surface area contributed by atoms with Gasteiger partial charge in [-0.1, -0.05) is 32.6 Å². The minimum absolute atomic E-state index is 0.531. The molecule has 3 rings (SSSR count). The molecule has 138 valence electrons. The summed E-state index contributed by atoms with van der Waals surface area (Å²) in [5, 5.41) is 0. The maximum Gasteiger partial charge on any atom is 0.206 e. The van der Waals surface area contributed by atoms with Crippen molar-refractivity contribution >= 4 is 11.7 Å². The Morgan fingerprint density at radius 3 is 2.88 bits per heavy atom. The van der Waals surface area contributed by atoms with E-state index in [4.69, 9.17) is 4.99 Å². The molecule has 1 saturated heterocycles. The van der Waals surface area contributed by atoms with Crippen molar-refractivity contribution in [1.29, 1.82) is 0 Å². The minimum atomic E-state index is 0.531. The predicted octanol–water partition coefficient (Wildman–Crippen LogP) is 3.95. The Balaban J connectivity index is 1.82. The summed E-state index contributed by atoms with van der Waals surface area (Å²) in [5.74, 6) is 2.14. The maximum absolute atomic E-state index is 4.91. The Kier molecular flexibility index (Phi) is 5.55. The quantitative estimate of drug-likeness (QED) is 0.771. The summed E-state index contributed by atoms with van der Waals surface area (Å²) < 4.78 is 0. The third-order valence-electron chi connectivity index (χ3n) is 5.05. The lowest BCUT2D eigenvalue weighted by molar-refractivity contribution is 0.258. The van der Waals surface area contributed by atoms with E-state index in [2.05, 4.69) is 46.8 Å². The molecule has 5 nitrogen and oxygen atoms in total. The molecule has 0 radical (unpaired) electrons. The standard InChI is InChI=1S/C21H29N5/c1-15(2)11-16(3)18-7-6-10-26(13-18)21-24-20(12-17(4)25(21)5)19-8-9-22-14-23-19/h8-9,12,14-15,18H,3-4,6-7,10-11,13H2,1-2,5H3. The van der Waals surface area contributed by atoms with Gasteiger partial charge in [0.25, 0.3) is 0 Å². The molecule has 1 fully saturated rings. The number of rotatable bonds is 4. The molecule has 1 aromatic heterocycles. The van der Waals surface area contributed by atoms with E-state index in [-0.39, 0.29) is 0 Å². The zero-order valence-corrected chi connectivity index (χ0v) is 16.1. The minimum Gasteiger partial charge on any atom is -0.342 e. The topological polar surface area (TPSA) is 44.6 Å². The third-order valence-corrected chi connectivity index (χ3v) is 5.05. The summed E-state index contributed by atoms with van der Waals surface area (Å²) in [5.41, 5.74) is 3.96. The SMILES string of the molecule is C=C(CC(C)C)C1CCCN(C2=NC(c3ccncn3)=CC(=C)N2C)C1. The van der Waals surface area contributed by atoms with Crippen molar-refractivity contribution < 1.29 is 0 Å². The van der Waals surface area contributed by atoms with Gasteiger partial charge < -0.3 is 9.80 Å². The van der Waals surface area contributed by atoms with Gasteiger partial charge in [0.2, 0.25) is 5.96 Å². The summed E-state index contributed by atoms with van der Waals surface area (Å²) in [7, 11) is 2.03. The number of nitrogens with zero attached hydrogens (tertiary/aromatic N) is 5. The van der Waals surface area contributed by atoms with Gasteiger partial charge in [0.15, 0.2) is 0 Å². The molecule has 0 bridgehead atoms. The van der Waals surface area contributed by atoms with Crippen LogP contribution in [-0.2, 0) is 0 Å². The van der Waals surface area contributed by atoms with Crippen LogP contribution in [0.15, 0.2) is 54.1 Å². The molecule has 1 atom stereocenters. The molecule has 2 aliphatic rings. The van der Waals surface area contributed by atoms with Gasteiger partial charge in [0, 0.05) is 32.0 Å². The molecule has 0 amide bonds. The second kappa shape index (κ2) is 7.85. The van der Waals surface area contributed by atoms with Crippen LogP contribution < -0.4 is 0 Å². The van der Waals surface area contributed by atoms with E-state index in [1.165, 1.54) is 12.0 Å². The summed E-state index contributed by atoms with van der Waals surface area (Å²) in [6.07, 6.45) is 8.75. The Morgan fingerprint density at radius 1 is 1.38 bits per heavy atom. The monoisotopic (exact) mass is 351 g/mol. The molecule has 0 aliphatic carbocycles. The Morgan fingerprint density at radius 2 is 2.19 bits per heavy atom. The van der Waals surface area contributed by atoms with Crippen molar-refractivity contribution in [3.63, 3.8) is 0 Å². The van der Waals surface area contributed by atoms with Crippen LogP contribution in [0.25, 0.3) is 5.70 Å². The molecule has 3 heterocycles. The van der Waals surface area contributed by atoms with E-state index in [0.717, 1.165) is 49.0 Å². The largest absolute Gasteiger partial charge is 0.342 e. The summed E-state index contributed by atoms with van der Waals surface area (Å²) in [6, 6.07) is 1.88. The molecule has 5 heteroatoms. The Labute approximate surface area is 156 Å². The van der Waals surface area contributed by atoms with Crippen molar-refractivity contribution in [2.24, 2.45) is 16.8 Å². The van der Waals surface area contributed by atoms with Gasteiger partial charge >= 0.3 is 0 Å². The highest BCUT2D eigenvalue weighted by atomic mass is 15.4. The Bertz CT molecular complexity index is 732. The number of aromatic nitrogens is 2. The van der Waals surface area contributed by atoms with Crippen molar-refractivity contribution in [3.05, 3.63) is 54.8 Å². The van der Waals surface area contributed by atoms with Gasteiger partial charge in [0.05, 0.1) is 11.4 Å². The zero-order valence-electron chi connectivity index (χ0n) is 16.1. The number of piperidine rings is 1. The second-order valence-electron chi connectivity index (χ2n) is 7.63. The predicted molar refractivity (Wildman–Crippen MR) is 107 cm³/mol. The van der Waals surface area contributed by atoms with Crippen molar-refractivity contribution in [2.45, 2.75) is 33.1 Å². The first-order chi connectivity index (χ1) is 12.5. The summed E-state index contributed by atoms with van der Waals surface area (Å²) in [4.78, 5) is 17.7. The lowest BCUT2D eigenvalue weighted by Crippen LogP contribution is -2.47. The number of likely N-dealkylation sites (N-methyl/N-ethyl adjacent to an activating group) is 1. The van der Waals surface area contributed by atoms with Gasteiger partial charge in [0.1, 0.15) is 6.33 Å². The average Bonchev–Trinajstić information content (AvgIpc) is 2.64. The molecular weight excluding hydrogens is 322 g/mol. The van der Waals surface area contributed by atoms with Gasteiger partial charge in [-0.25, -0.2) is 15.0 Å². The molecule has 0 saturated carbocycles. The van der Waals surface area contributed by atoms with Crippen molar-refractivity contribution in [3.8, 4) is 0 Å². The van der Waals surface area contributed by atoms with Crippen LogP contribution in [-0.4, -0.2) is 45.9 Å². The first-order valence-corrected chi connectivity index (χ1v) is 9.37. The van der Waals surface area contributed by atoms with Crippen LogP contribution in [0.3, 0.4) is 0 Å². The van der Waals surface area contributed by atoms with Crippen molar-refractivity contribution in [2.75, 3.05) is 20.1 Å². The van der Waals surface area contributed by atoms with E-state index < -0.39 is 0 Å². The zero-order chi connectivity index (χ0) is 18.7. The van der Waals surface area contributed by atoms with Crippen LogP contribution >= 0.6 is 0 Å².